The summed E-state index contributed by atoms with van der Waals surface area (Å²) in [6.45, 7) is 5.78. The molecule has 2 aromatic rings. The van der Waals surface area contributed by atoms with Crippen molar-refractivity contribution in [2.45, 2.75) is 38.1 Å². The summed E-state index contributed by atoms with van der Waals surface area (Å²) in [7, 11) is -2.25. The second-order valence-electron chi connectivity index (χ2n) is 5.97. The van der Waals surface area contributed by atoms with Crippen LogP contribution < -0.4 is 10.0 Å². The maximum atomic E-state index is 12.6. The highest BCUT2D eigenvalue weighted by molar-refractivity contribution is 7.89. The number of rotatable bonds is 6. The summed E-state index contributed by atoms with van der Waals surface area (Å²) in [5, 5.41) is 2.93. The molecule has 0 radical (unpaired) electrons. The standard InChI is InChI=1S/C19H24N2O3S/c1-5-15-7-9-16(10-8-15)14(3)21-19(22)18-12-17(11-6-13(18)2)25(23,24)20-4/h6-12,14,20H,5H2,1-4H3,(H,21,22). The molecule has 2 rings (SSSR count). The number of hydrogen-bond donors (Lipinski definition) is 2. The van der Waals surface area contributed by atoms with Gasteiger partial charge in [-0.15, -0.1) is 0 Å². The van der Waals surface area contributed by atoms with Gasteiger partial charge in [-0.1, -0.05) is 37.3 Å². The van der Waals surface area contributed by atoms with Crippen LogP contribution in [0, 0.1) is 6.92 Å². The van der Waals surface area contributed by atoms with Crippen molar-refractivity contribution in [3.8, 4) is 0 Å². The van der Waals surface area contributed by atoms with Gasteiger partial charge in [0, 0.05) is 5.56 Å². The van der Waals surface area contributed by atoms with Crippen molar-refractivity contribution in [1.82, 2.24) is 10.0 Å². The van der Waals surface area contributed by atoms with E-state index in [1.165, 1.54) is 24.7 Å². The van der Waals surface area contributed by atoms with Gasteiger partial charge in [-0.3, -0.25) is 4.79 Å². The number of benzene rings is 2. The van der Waals surface area contributed by atoms with Crippen LogP contribution in [0.5, 0.6) is 0 Å². The Balaban J connectivity index is 2.23. The predicted octanol–water partition coefficient (Wildman–Crippen LogP) is 2.96. The summed E-state index contributed by atoms with van der Waals surface area (Å²) in [6.07, 6.45) is 0.965. The third kappa shape index (κ3) is 4.46. The average molecular weight is 360 g/mol. The maximum Gasteiger partial charge on any atom is 0.252 e. The smallest absolute Gasteiger partial charge is 0.252 e. The molecule has 6 heteroatoms. The third-order valence-corrected chi connectivity index (χ3v) is 5.68. The number of carbonyl (C=O) groups excluding carboxylic acids is 1. The fraction of sp³-hybridized carbons (Fsp3) is 0.316. The number of aryl methyl sites for hydroxylation is 2. The number of nitrogens with one attached hydrogen (secondary N) is 2. The summed E-state index contributed by atoms with van der Waals surface area (Å²) < 4.78 is 26.2. The van der Waals surface area contributed by atoms with E-state index in [0.29, 0.717) is 5.56 Å². The molecule has 5 nitrogen and oxygen atoms in total. The molecule has 1 amide bonds. The molecule has 2 aromatic carbocycles. The van der Waals surface area contributed by atoms with Crippen LogP contribution in [0.4, 0.5) is 0 Å². The van der Waals surface area contributed by atoms with Crippen LogP contribution in [0.2, 0.25) is 0 Å². The van der Waals surface area contributed by atoms with E-state index in [9.17, 15) is 13.2 Å². The van der Waals surface area contributed by atoms with Gasteiger partial charge in [-0.05, 0) is 56.1 Å². The molecule has 0 aliphatic carbocycles. The van der Waals surface area contributed by atoms with Gasteiger partial charge in [0.1, 0.15) is 0 Å². The van der Waals surface area contributed by atoms with Crippen molar-refractivity contribution in [3.05, 3.63) is 64.7 Å². The number of amides is 1. The normalized spacial score (nSPS) is 12.6. The zero-order valence-electron chi connectivity index (χ0n) is 15.0. The number of sulfonamides is 1. The highest BCUT2D eigenvalue weighted by Gasteiger charge is 2.18. The summed E-state index contributed by atoms with van der Waals surface area (Å²) in [5.74, 6) is -0.294. The zero-order valence-corrected chi connectivity index (χ0v) is 15.8. The van der Waals surface area contributed by atoms with E-state index in [0.717, 1.165) is 17.5 Å². The van der Waals surface area contributed by atoms with E-state index < -0.39 is 10.0 Å². The van der Waals surface area contributed by atoms with Crippen LogP contribution in [0.25, 0.3) is 0 Å². The quantitative estimate of drug-likeness (QED) is 0.832. The van der Waals surface area contributed by atoms with E-state index in [1.807, 2.05) is 31.2 Å². The highest BCUT2D eigenvalue weighted by Crippen LogP contribution is 2.18. The fourth-order valence-electron chi connectivity index (χ4n) is 2.53. The fourth-order valence-corrected chi connectivity index (χ4v) is 3.29. The molecular formula is C19H24N2O3S. The monoisotopic (exact) mass is 360 g/mol. The molecule has 1 unspecified atom stereocenters. The second kappa shape index (κ2) is 7.80. The van der Waals surface area contributed by atoms with Crippen molar-refractivity contribution < 1.29 is 13.2 Å². The lowest BCUT2D eigenvalue weighted by Crippen LogP contribution is -2.28. The Morgan fingerprint density at radius 2 is 1.76 bits per heavy atom. The molecule has 0 fully saturated rings. The SMILES string of the molecule is CCc1ccc(C(C)NC(=O)c2cc(S(=O)(=O)NC)ccc2C)cc1. The third-order valence-electron chi connectivity index (χ3n) is 4.27. The minimum atomic E-state index is -3.59. The van der Waals surface area contributed by atoms with Crippen molar-refractivity contribution in [2.24, 2.45) is 0 Å². The Labute approximate surface area is 149 Å². The van der Waals surface area contributed by atoms with Crippen molar-refractivity contribution in [1.29, 1.82) is 0 Å². The molecule has 0 saturated heterocycles. The van der Waals surface area contributed by atoms with Crippen LogP contribution in [-0.2, 0) is 16.4 Å². The van der Waals surface area contributed by atoms with Gasteiger partial charge in [0.05, 0.1) is 10.9 Å². The second-order valence-corrected chi connectivity index (χ2v) is 7.86. The van der Waals surface area contributed by atoms with Crippen molar-refractivity contribution in [3.63, 3.8) is 0 Å². The Bertz CT molecular complexity index is 859. The molecule has 134 valence electrons. The molecule has 0 bridgehead atoms. The van der Waals surface area contributed by atoms with Gasteiger partial charge in [0.2, 0.25) is 10.0 Å². The molecule has 0 aliphatic rings. The summed E-state index contributed by atoms with van der Waals surface area (Å²) >= 11 is 0. The van der Waals surface area contributed by atoms with E-state index in [2.05, 4.69) is 17.0 Å². The van der Waals surface area contributed by atoms with Gasteiger partial charge in [-0.25, -0.2) is 13.1 Å². The van der Waals surface area contributed by atoms with E-state index in [-0.39, 0.29) is 16.8 Å². The average Bonchev–Trinajstić information content (AvgIpc) is 2.61. The van der Waals surface area contributed by atoms with Gasteiger partial charge < -0.3 is 5.32 Å². The van der Waals surface area contributed by atoms with Crippen molar-refractivity contribution >= 4 is 15.9 Å². The summed E-state index contributed by atoms with van der Waals surface area (Å²) in [4.78, 5) is 12.7. The molecule has 1 atom stereocenters. The van der Waals surface area contributed by atoms with E-state index in [4.69, 9.17) is 0 Å². The predicted molar refractivity (Wildman–Crippen MR) is 99.1 cm³/mol. The lowest BCUT2D eigenvalue weighted by atomic mass is 10.0. The van der Waals surface area contributed by atoms with Crippen LogP contribution in [0.1, 0.15) is 46.9 Å². The molecule has 0 aliphatic heterocycles. The maximum absolute atomic E-state index is 12.6. The van der Waals surface area contributed by atoms with Crippen LogP contribution in [0.15, 0.2) is 47.4 Å². The van der Waals surface area contributed by atoms with Crippen LogP contribution >= 0.6 is 0 Å². The lowest BCUT2D eigenvalue weighted by molar-refractivity contribution is 0.0939. The Morgan fingerprint density at radius 3 is 2.32 bits per heavy atom. The first kappa shape index (κ1) is 19.1. The molecule has 0 saturated carbocycles. The first-order chi connectivity index (χ1) is 11.8. The Hall–Kier alpha value is -2.18. The van der Waals surface area contributed by atoms with Crippen LogP contribution in [-0.4, -0.2) is 21.4 Å². The Morgan fingerprint density at radius 1 is 1.12 bits per heavy atom. The highest BCUT2D eigenvalue weighted by atomic mass is 32.2. The molecule has 25 heavy (non-hydrogen) atoms. The van der Waals surface area contributed by atoms with Gasteiger partial charge >= 0.3 is 0 Å². The lowest BCUT2D eigenvalue weighted by Gasteiger charge is -2.16. The molecule has 0 aromatic heterocycles. The van der Waals surface area contributed by atoms with Gasteiger partial charge in [-0.2, -0.15) is 0 Å². The number of carbonyl (C=O) groups is 1. The Kier molecular flexibility index (Phi) is 5.98. The topological polar surface area (TPSA) is 75.3 Å². The van der Waals surface area contributed by atoms with Gasteiger partial charge in [0.25, 0.3) is 5.91 Å². The molecular weight excluding hydrogens is 336 g/mol. The first-order valence-corrected chi connectivity index (χ1v) is 9.70. The first-order valence-electron chi connectivity index (χ1n) is 8.22. The summed E-state index contributed by atoms with van der Waals surface area (Å²) in [5.41, 5.74) is 3.32. The van der Waals surface area contributed by atoms with Crippen LogP contribution in [0.3, 0.4) is 0 Å². The number of hydrogen-bond acceptors (Lipinski definition) is 3. The van der Waals surface area contributed by atoms with Crippen molar-refractivity contribution in [2.75, 3.05) is 7.05 Å². The molecule has 2 N–H and O–H groups in total. The minimum Gasteiger partial charge on any atom is -0.346 e. The largest absolute Gasteiger partial charge is 0.346 e. The minimum absolute atomic E-state index is 0.0747. The molecule has 0 spiro atoms. The van der Waals surface area contributed by atoms with E-state index in [1.54, 1.807) is 13.0 Å². The summed E-state index contributed by atoms with van der Waals surface area (Å²) in [6, 6.07) is 12.4. The zero-order chi connectivity index (χ0) is 18.6. The van der Waals surface area contributed by atoms with Gasteiger partial charge in [0.15, 0.2) is 0 Å². The molecule has 0 heterocycles. The van der Waals surface area contributed by atoms with E-state index >= 15 is 0 Å².